The lowest BCUT2D eigenvalue weighted by atomic mass is 9.51. The summed E-state index contributed by atoms with van der Waals surface area (Å²) in [5, 5.41) is 8.23. The molecular formula is C18H31IN4OS. The minimum Gasteiger partial charge on any atom is -0.378 e. The predicted molar refractivity (Wildman–Crippen MR) is 115 cm³/mol. The summed E-state index contributed by atoms with van der Waals surface area (Å²) in [5.41, 5.74) is 0.360. The summed E-state index contributed by atoms with van der Waals surface area (Å²) >= 11 is 1.76. The molecule has 0 radical (unpaired) electrons. The number of rotatable bonds is 7. The molecule has 2 aliphatic rings. The smallest absolute Gasteiger partial charge is 0.191 e. The fraction of sp³-hybridized carbons (Fsp3) is 0.778. The van der Waals surface area contributed by atoms with Crippen LogP contribution in [-0.2, 0) is 11.2 Å². The third-order valence-corrected chi connectivity index (χ3v) is 6.33. The van der Waals surface area contributed by atoms with Crippen LogP contribution in [0.1, 0.15) is 49.4 Å². The molecule has 2 unspecified atom stereocenters. The molecule has 25 heavy (non-hydrogen) atoms. The van der Waals surface area contributed by atoms with Crippen molar-refractivity contribution in [1.82, 2.24) is 15.6 Å². The van der Waals surface area contributed by atoms with Crippen LogP contribution in [0, 0.1) is 12.3 Å². The zero-order valence-electron chi connectivity index (χ0n) is 15.5. The van der Waals surface area contributed by atoms with Crippen LogP contribution in [0.15, 0.2) is 11.2 Å². The molecule has 3 rings (SSSR count). The Labute approximate surface area is 172 Å². The molecule has 5 nitrogen and oxygen atoms in total. The molecule has 142 valence electrons. The topological polar surface area (TPSA) is 58.5 Å². The number of halogens is 1. The van der Waals surface area contributed by atoms with Crippen LogP contribution in [0.5, 0.6) is 0 Å². The first-order valence-electron chi connectivity index (χ1n) is 9.25. The lowest BCUT2D eigenvalue weighted by molar-refractivity contribution is -0.168. The number of guanidine groups is 1. The Kier molecular flexibility index (Phi) is 7.94. The average Bonchev–Trinajstić information content (AvgIpc) is 2.90. The Hall–Kier alpha value is -0.410. The largest absolute Gasteiger partial charge is 0.378 e. The van der Waals surface area contributed by atoms with Gasteiger partial charge in [-0.1, -0.05) is 6.42 Å². The van der Waals surface area contributed by atoms with Gasteiger partial charge in [-0.3, -0.25) is 4.99 Å². The van der Waals surface area contributed by atoms with Crippen molar-refractivity contribution in [2.24, 2.45) is 10.4 Å². The highest BCUT2D eigenvalue weighted by atomic mass is 127. The third-order valence-electron chi connectivity index (χ3n) is 5.36. The Morgan fingerprint density at radius 1 is 1.44 bits per heavy atom. The quantitative estimate of drug-likeness (QED) is 0.358. The van der Waals surface area contributed by atoms with Gasteiger partial charge in [0.2, 0.25) is 0 Å². The second-order valence-corrected chi connectivity index (χ2v) is 8.16. The zero-order chi connectivity index (χ0) is 17.0. The van der Waals surface area contributed by atoms with E-state index < -0.39 is 0 Å². The monoisotopic (exact) mass is 478 g/mol. The van der Waals surface area contributed by atoms with Gasteiger partial charge in [0.05, 0.1) is 11.1 Å². The molecule has 0 aromatic carbocycles. The van der Waals surface area contributed by atoms with Crippen LogP contribution >= 0.6 is 35.3 Å². The molecule has 2 saturated carbocycles. The van der Waals surface area contributed by atoms with E-state index in [0.29, 0.717) is 17.6 Å². The molecule has 7 heteroatoms. The Bertz CT molecular complexity index is 573. The summed E-state index contributed by atoms with van der Waals surface area (Å²) in [6.45, 7) is 8.79. The lowest BCUT2D eigenvalue weighted by Crippen LogP contribution is -2.68. The van der Waals surface area contributed by atoms with Gasteiger partial charge in [-0.25, -0.2) is 4.98 Å². The fourth-order valence-corrected chi connectivity index (χ4v) is 4.68. The molecule has 2 aliphatic carbocycles. The molecule has 2 N–H and O–H groups in total. The second kappa shape index (κ2) is 9.50. The SMILES string of the molecule is CCNC(=NCCc1ncc(C)s1)NC1CC(OCC)C12CCC2.I. The Morgan fingerprint density at radius 2 is 2.24 bits per heavy atom. The fourth-order valence-electron chi connectivity index (χ4n) is 3.91. The normalized spacial score (nSPS) is 24.2. The van der Waals surface area contributed by atoms with Crippen LogP contribution in [-0.4, -0.2) is 42.8 Å². The second-order valence-electron chi connectivity index (χ2n) is 6.84. The number of aliphatic imine (C=N–C) groups is 1. The summed E-state index contributed by atoms with van der Waals surface area (Å²) in [5.74, 6) is 0.942. The maximum Gasteiger partial charge on any atom is 0.191 e. The van der Waals surface area contributed by atoms with Crippen molar-refractivity contribution in [3.63, 3.8) is 0 Å². The van der Waals surface area contributed by atoms with E-state index in [2.05, 4.69) is 36.4 Å². The van der Waals surface area contributed by atoms with Crippen molar-refractivity contribution in [2.75, 3.05) is 19.7 Å². The molecule has 0 saturated heterocycles. The van der Waals surface area contributed by atoms with E-state index in [1.165, 1.54) is 29.1 Å². The summed E-state index contributed by atoms with van der Waals surface area (Å²) in [4.78, 5) is 10.4. The molecule has 1 heterocycles. The van der Waals surface area contributed by atoms with Gasteiger partial charge in [0, 0.05) is 48.6 Å². The highest BCUT2D eigenvalue weighted by Crippen LogP contribution is 2.57. The number of hydrogen-bond acceptors (Lipinski definition) is 4. The average molecular weight is 478 g/mol. The first-order chi connectivity index (χ1) is 11.7. The van der Waals surface area contributed by atoms with Crippen molar-refractivity contribution >= 4 is 41.3 Å². The van der Waals surface area contributed by atoms with E-state index >= 15 is 0 Å². The number of ether oxygens (including phenoxy) is 1. The highest BCUT2D eigenvalue weighted by Gasteiger charge is 2.59. The molecule has 2 fully saturated rings. The Morgan fingerprint density at radius 3 is 2.80 bits per heavy atom. The van der Waals surface area contributed by atoms with E-state index in [9.17, 15) is 0 Å². The maximum absolute atomic E-state index is 5.94. The van der Waals surface area contributed by atoms with E-state index in [1.807, 2.05) is 6.20 Å². The van der Waals surface area contributed by atoms with Gasteiger partial charge in [0.1, 0.15) is 0 Å². The molecule has 2 atom stereocenters. The van der Waals surface area contributed by atoms with Crippen molar-refractivity contribution in [3.05, 3.63) is 16.1 Å². The van der Waals surface area contributed by atoms with Gasteiger partial charge in [0.25, 0.3) is 0 Å². The first kappa shape index (κ1) is 20.9. The summed E-state index contributed by atoms with van der Waals surface area (Å²) in [6, 6.07) is 0.503. The van der Waals surface area contributed by atoms with E-state index in [0.717, 1.165) is 38.5 Å². The molecular weight excluding hydrogens is 447 g/mol. The van der Waals surface area contributed by atoms with Crippen LogP contribution in [0.3, 0.4) is 0 Å². The summed E-state index contributed by atoms with van der Waals surface area (Å²) < 4.78 is 5.94. The molecule has 1 aromatic rings. The highest BCUT2D eigenvalue weighted by molar-refractivity contribution is 14.0. The van der Waals surface area contributed by atoms with E-state index in [-0.39, 0.29) is 24.0 Å². The van der Waals surface area contributed by atoms with Gasteiger partial charge in [-0.2, -0.15) is 0 Å². The van der Waals surface area contributed by atoms with Crippen molar-refractivity contribution in [2.45, 2.75) is 65.0 Å². The zero-order valence-corrected chi connectivity index (χ0v) is 18.7. The van der Waals surface area contributed by atoms with E-state index in [4.69, 9.17) is 9.73 Å². The number of aryl methyl sites for hydroxylation is 1. The molecule has 1 spiro atoms. The van der Waals surface area contributed by atoms with Crippen LogP contribution in [0.25, 0.3) is 0 Å². The van der Waals surface area contributed by atoms with Crippen LogP contribution in [0.2, 0.25) is 0 Å². The number of nitrogens with one attached hydrogen (secondary N) is 2. The van der Waals surface area contributed by atoms with Gasteiger partial charge in [-0.05, 0) is 40.0 Å². The number of thiazole rings is 1. The third kappa shape index (κ3) is 4.66. The maximum atomic E-state index is 5.94. The summed E-state index contributed by atoms with van der Waals surface area (Å²) in [6.07, 6.45) is 8.29. The van der Waals surface area contributed by atoms with Crippen molar-refractivity contribution in [3.8, 4) is 0 Å². The van der Waals surface area contributed by atoms with Crippen molar-refractivity contribution in [1.29, 1.82) is 0 Å². The first-order valence-corrected chi connectivity index (χ1v) is 10.1. The minimum absolute atomic E-state index is 0. The summed E-state index contributed by atoms with van der Waals surface area (Å²) in [7, 11) is 0. The van der Waals surface area contributed by atoms with E-state index in [1.54, 1.807) is 11.3 Å². The molecule has 1 aromatic heterocycles. The lowest BCUT2D eigenvalue weighted by Gasteiger charge is -2.61. The van der Waals surface area contributed by atoms with Crippen molar-refractivity contribution < 1.29 is 4.74 Å². The van der Waals surface area contributed by atoms with Crippen LogP contribution < -0.4 is 10.6 Å². The van der Waals surface area contributed by atoms with Gasteiger partial charge >= 0.3 is 0 Å². The van der Waals surface area contributed by atoms with Gasteiger partial charge < -0.3 is 15.4 Å². The Balaban J connectivity index is 0.00000225. The molecule has 0 aliphatic heterocycles. The predicted octanol–water partition coefficient (Wildman–Crippen LogP) is 3.51. The van der Waals surface area contributed by atoms with Crippen LogP contribution in [0.4, 0.5) is 0 Å². The standard InChI is InChI=1S/C18H30N4OS.HI/c1-4-19-17(20-10-7-16-21-12-13(3)24-16)22-14-11-15(23-5-2)18(14)8-6-9-18;/h12,14-15H,4-11H2,1-3H3,(H2,19,20,22);1H. The number of aromatic nitrogens is 1. The van der Waals surface area contributed by atoms with Gasteiger partial charge in [-0.15, -0.1) is 35.3 Å². The minimum atomic E-state index is 0. The molecule has 0 amide bonds. The number of hydrogen-bond donors (Lipinski definition) is 2. The van der Waals surface area contributed by atoms with Gasteiger partial charge in [0.15, 0.2) is 5.96 Å². The molecule has 0 bridgehead atoms. The number of nitrogens with zero attached hydrogens (tertiary/aromatic N) is 2.